The van der Waals surface area contributed by atoms with Gasteiger partial charge in [0.05, 0.1) is 16.7 Å². The monoisotopic (exact) mass is 500 g/mol. The number of anilines is 1. The van der Waals surface area contributed by atoms with Crippen LogP contribution in [0.25, 0.3) is 6.08 Å². The fraction of sp³-hybridized carbons (Fsp3) is 0.120. The van der Waals surface area contributed by atoms with Crippen LogP contribution in [0.3, 0.4) is 0 Å². The zero-order valence-electron chi connectivity index (χ0n) is 17.6. The van der Waals surface area contributed by atoms with Gasteiger partial charge in [-0.2, -0.15) is 5.26 Å². The molecule has 1 N–H and O–H groups in total. The van der Waals surface area contributed by atoms with Crippen LogP contribution in [-0.2, 0) is 11.4 Å². The van der Waals surface area contributed by atoms with Crippen molar-refractivity contribution >= 4 is 52.5 Å². The Morgan fingerprint density at radius 2 is 1.82 bits per heavy atom. The predicted molar refractivity (Wildman–Crippen MR) is 132 cm³/mol. The Balaban J connectivity index is 1.78. The average molecular weight is 502 g/mol. The molecule has 0 radical (unpaired) electrons. The molecule has 0 fully saturated rings. The first-order valence-electron chi connectivity index (χ1n) is 9.92. The van der Waals surface area contributed by atoms with Gasteiger partial charge in [-0.1, -0.05) is 53.0 Å². The Morgan fingerprint density at radius 3 is 2.52 bits per heavy atom. The van der Waals surface area contributed by atoms with Crippen molar-refractivity contribution in [2.45, 2.75) is 13.5 Å². The summed E-state index contributed by atoms with van der Waals surface area (Å²) in [6.07, 6.45) is 1.47. The zero-order chi connectivity index (χ0) is 23.8. The van der Waals surface area contributed by atoms with Crippen LogP contribution in [0.15, 0.2) is 66.2 Å². The van der Waals surface area contributed by atoms with Gasteiger partial charge in [0.25, 0.3) is 5.91 Å². The Hall–Kier alpha value is -3.17. The predicted octanol–water partition coefficient (Wildman–Crippen LogP) is 7.17. The third kappa shape index (κ3) is 6.90. The summed E-state index contributed by atoms with van der Waals surface area (Å²) in [7, 11) is 0. The van der Waals surface area contributed by atoms with Gasteiger partial charge >= 0.3 is 0 Å². The van der Waals surface area contributed by atoms with E-state index in [0.29, 0.717) is 51.0 Å². The SMILES string of the molecule is CCOc1cc(/C=C(\C#N)C(=O)Nc2ccc(Cl)c(Cl)c2)ccc1OCc1cccc(Cl)c1. The topological polar surface area (TPSA) is 71.3 Å². The maximum absolute atomic E-state index is 12.6. The molecular formula is C25H19Cl3N2O3. The second-order valence-corrected chi connectivity index (χ2v) is 8.06. The van der Waals surface area contributed by atoms with Gasteiger partial charge < -0.3 is 14.8 Å². The number of carbonyl (C=O) groups excluding carboxylic acids is 1. The van der Waals surface area contributed by atoms with Crippen molar-refractivity contribution in [2.75, 3.05) is 11.9 Å². The number of nitrogens with one attached hydrogen (secondary N) is 1. The minimum Gasteiger partial charge on any atom is -0.490 e. The summed E-state index contributed by atoms with van der Waals surface area (Å²) in [5.41, 5.74) is 1.86. The third-order valence-corrected chi connectivity index (χ3v) is 5.38. The van der Waals surface area contributed by atoms with Gasteiger partial charge in [-0.05, 0) is 66.6 Å². The molecule has 0 atom stereocenters. The number of amides is 1. The molecule has 1 amide bonds. The van der Waals surface area contributed by atoms with Crippen LogP contribution in [0.4, 0.5) is 5.69 Å². The van der Waals surface area contributed by atoms with Crippen LogP contribution in [0.2, 0.25) is 15.1 Å². The van der Waals surface area contributed by atoms with Gasteiger partial charge in [0.1, 0.15) is 18.2 Å². The fourth-order valence-corrected chi connectivity index (χ4v) is 3.39. The van der Waals surface area contributed by atoms with Crippen molar-refractivity contribution in [1.82, 2.24) is 0 Å². The highest BCUT2D eigenvalue weighted by molar-refractivity contribution is 6.42. The van der Waals surface area contributed by atoms with Crippen LogP contribution in [0.1, 0.15) is 18.1 Å². The maximum Gasteiger partial charge on any atom is 0.266 e. The van der Waals surface area contributed by atoms with Crippen LogP contribution in [-0.4, -0.2) is 12.5 Å². The Labute approximate surface area is 207 Å². The van der Waals surface area contributed by atoms with Gasteiger partial charge in [0.15, 0.2) is 11.5 Å². The number of nitrogens with zero attached hydrogens (tertiary/aromatic N) is 1. The minimum absolute atomic E-state index is 0.0869. The molecule has 0 aliphatic rings. The number of nitriles is 1. The Kier molecular flexibility index (Phi) is 8.62. The second-order valence-electron chi connectivity index (χ2n) is 6.81. The molecule has 0 saturated carbocycles. The zero-order valence-corrected chi connectivity index (χ0v) is 19.8. The van der Waals surface area contributed by atoms with Crippen molar-refractivity contribution < 1.29 is 14.3 Å². The molecular weight excluding hydrogens is 483 g/mol. The number of rotatable bonds is 8. The average Bonchev–Trinajstić information content (AvgIpc) is 2.79. The summed E-state index contributed by atoms with van der Waals surface area (Å²) < 4.78 is 11.6. The van der Waals surface area contributed by atoms with E-state index >= 15 is 0 Å². The molecule has 0 bridgehead atoms. The molecule has 0 aliphatic carbocycles. The van der Waals surface area contributed by atoms with Crippen LogP contribution < -0.4 is 14.8 Å². The van der Waals surface area contributed by atoms with Crippen LogP contribution in [0.5, 0.6) is 11.5 Å². The van der Waals surface area contributed by atoms with E-state index in [1.807, 2.05) is 31.2 Å². The molecule has 3 aromatic rings. The maximum atomic E-state index is 12.6. The van der Waals surface area contributed by atoms with Crippen molar-refractivity contribution in [1.29, 1.82) is 5.26 Å². The number of ether oxygens (including phenoxy) is 2. The highest BCUT2D eigenvalue weighted by Crippen LogP contribution is 2.31. The number of carbonyl (C=O) groups is 1. The van der Waals surface area contributed by atoms with E-state index in [4.69, 9.17) is 44.3 Å². The number of hydrogen-bond donors (Lipinski definition) is 1. The van der Waals surface area contributed by atoms with E-state index in [0.717, 1.165) is 5.56 Å². The van der Waals surface area contributed by atoms with Crippen molar-refractivity contribution in [3.05, 3.63) is 92.4 Å². The lowest BCUT2D eigenvalue weighted by Crippen LogP contribution is -2.13. The van der Waals surface area contributed by atoms with E-state index in [-0.39, 0.29) is 5.57 Å². The molecule has 5 nitrogen and oxygen atoms in total. The molecule has 168 valence electrons. The quantitative estimate of drug-likeness (QED) is 0.262. The van der Waals surface area contributed by atoms with E-state index in [9.17, 15) is 10.1 Å². The number of benzene rings is 3. The van der Waals surface area contributed by atoms with Crippen molar-refractivity contribution in [3.8, 4) is 17.6 Å². The van der Waals surface area contributed by atoms with Crippen LogP contribution >= 0.6 is 34.8 Å². The first-order valence-corrected chi connectivity index (χ1v) is 11.0. The Morgan fingerprint density at radius 1 is 1.00 bits per heavy atom. The van der Waals surface area contributed by atoms with E-state index in [1.165, 1.54) is 12.1 Å². The van der Waals surface area contributed by atoms with Gasteiger partial charge in [-0.15, -0.1) is 0 Å². The molecule has 3 aromatic carbocycles. The van der Waals surface area contributed by atoms with Crippen molar-refractivity contribution in [2.24, 2.45) is 0 Å². The lowest BCUT2D eigenvalue weighted by molar-refractivity contribution is -0.112. The summed E-state index contributed by atoms with van der Waals surface area (Å²) in [4.78, 5) is 12.6. The van der Waals surface area contributed by atoms with E-state index in [1.54, 1.807) is 36.4 Å². The molecule has 0 aliphatic heterocycles. The molecule has 0 heterocycles. The summed E-state index contributed by atoms with van der Waals surface area (Å²) in [5, 5.41) is 13.4. The summed E-state index contributed by atoms with van der Waals surface area (Å²) in [5.74, 6) is 0.457. The second kappa shape index (κ2) is 11.6. The van der Waals surface area contributed by atoms with Gasteiger partial charge in [0, 0.05) is 10.7 Å². The Bertz CT molecular complexity index is 1240. The fourth-order valence-electron chi connectivity index (χ4n) is 2.88. The molecule has 3 rings (SSSR count). The molecule has 33 heavy (non-hydrogen) atoms. The van der Waals surface area contributed by atoms with E-state index < -0.39 is 5.91 Å². The summed E-state index contributed by atoms with van der Waals surface area (Å²) >= 11 is 17.9. The van der Waals surface area contributed by atoms with Gasteiger partial charge in [0.2, 0.25) is 0 Å². The third-order valence-electron chi connectivity index (χ3n) is 4.40. The largest absolute Gasteiger partial charge is 0.490 e. The van der Waals surface area contributed by atoms with Crippen LogP contribution in [0, 0.1) is 11.3 Å². The minimum atomic E-state index is -0.574. The first-order chi connectivity index (χ1) is 15.9. The van der Waals surface area contributed by atoms with Gasteiger partial charge in [-0.25, -0.2) is 0 Å². The lowest BCUT2D eigenvalue weighted by atomic mass is 10.1. The summed E-state index contributed by atoms with van der Waals surface area (Å²) in [6.45, 7) is 2.59. The number of hydrogen-bond acceptors (Lipinski definition) is 4. The highest BCUT2D eigenvalue weighted by Gasteiger charge is 2.12. The standard InChI is InChI=1S/C25H19Cl3N2O3/c1-2-32-24-12-16(6-9-23(24)33-15-17-4-3-5-19(26)11-17)10-18(14-29)25(31)30-20-7-8-21(27)22(28)13-20/h3-13H,2,15H2,1H3,(H,30,31)/b18-10+. The molecule has 8 heteroatoms. The molecule has 0 unspecified atom stereocenters. The van der Waals surface area contributed by atoms with Crippen molar-refractivity contribution in [3.63, 3.8) is 0 Å². The summed E-state index contributed by atoms with van der Waals surface area (Å²) in [6, 6.07) is 19.1. The first kappa shape index (κ1) is 24.5. The molecule has 0 aromatic heterocycles. The highest BCUT2D eigenvalue weighted by atomic mass is 35.5. The molecule has 0 saturated heterocycles. The lowest BCUT2D eigenvalue weighted by Gasteiger charge is -2.13. The number of halogens is 3. The van der Waals surface area contributed by atoms with E-state index in [2.05, 4.69) is 5.32 Å². The van der Waals surface area contributed by atoms with Gasteiger partial charge in [-0.3, -0.25) is 4.79 Å². The molecule has 0 spiro atoms. The normalized spacial score (nSPS) is 10.9. The smallest absolute Gasteiger partial charge is 0.266 e.